The van der Waals surface area contributed by atoms with Gasteiger partial charge in [0, 0.05) is 51.3 Å². The molecule has 1 aliphatic carbocycles. The van der Waals surface area contributed by atoms with Crippen molar-refractivity contribution in [1.82, 2.24) is 19.9 Å². The van der Waals surface area contributed by atoms with Crippen LogP contribution in [0, 0.1) is 0 Å². The van der Waals surface area contributed by atoms with Gasteiger partial charge in [-0.15, -0.1) is 0 Å². The van der Waals surface area contributed by atoms with Gasteiger partial charge in [-0.25, -0.2) is 28.7 Å². The van der Waals surface area contributed by atoms with Crippen molar-refractivity contribution in [3.05, 3.63) is 30.0 Å². The first-order valence-corrected chi connectivity index (χ1v) is 9.67. The van der Waals surface area contributed by atoms with E-state index in [1.807, 2.05) is 25.1 Å². The summed E-state index contributed by atoms with van der Waals surface area (Å²) in [6.45, 7) is 1.49. The van der Waals surface area contributed by atoms with E-state index in [1.165, 1.54) is 6.07 Å². The molecule has 3 heterocycles. The topological polar surface area (TPSA) is 70.1 Å². The maximum Gasteiger partial charge on any atom is 0.280 e. The SMILES string of the molecule is CN(C)c1cc(NC2CCCN(c3cc(C(F)F)nc(C4CC4)n3)C2)ncn1. The van der Waals surface area contributed by atoms with E-state index in [1.54, 1.807) is 6.33 Å². The Hall–Kier alpha value is -2.58. The number of aromatic nitrogens is 4. The van der Waals surface area contributed by atoms with Gasteiger partial charge in [0.05, 0.1) is 0 Å². The standard InChI is InChI=1S/C19H25F2N7/c1-27(2)16-9-15(22-11-23-16)24-13-4-3-7-28(10-13)17-8-14(18(20)21)25-19(26-17)12-5-6-12/h8-9,11-13,18H,3-7,10H2,1-2H3,(H,22,23,24). The molecule has 2 aromatic rings. The molecule has 2 aliphatic rings. The van der Waals surface area contributed by atoms with Crippen LogP contribution in [0.2, 0.25) is 0 Å². The molecule has 4 rings (SSSR count). The van der Waals surface area contributed by atoms with Gasteiger partial charge >= 0.3 is 0 Å². The highest BCUT2D eigenvalue weighted by molar-refractivity contribution is 5.49. The Kier molecular flexibility index (Phi) is 5.23. The van der Waals surface area contributed by atoms with E-state index in [2.05, 4.69) is 30.2 Å². The van der Waals surface area contributed by atoms with Gasteiger partial charge in [-0.1, -0.05) is 0 Å². The van der Waals surface area contributed by atoms with E-state index in [4.69, 9.17) is 0 Å². The van der Waals surface area contributed by atoms with Crippen LogP contribution in [0.1, 0.15) is 49.5 Å². The number of hydrogen-bond acceptors (Lipinski definition) is 7. The van der Waals surface area contributed by atoms with Crippen LogP contribution in [0.5, 0.6) is 0 Å². The van der Waals surface area contributed by atoms with Crippen LogP contribution in [0.3, 0.4) is 0 Å². The summed E-state index contributed by atoms with van der Waals surface area (Å²) in [4.78, 5) is 21.2. The van der Waals surface area contributed by atoms with Crippen LogP contribution in [0.15, 0.2) is 18.5 Å². The van der Waals surface area contributed by atoms with Crippen LogP contribution in [0.25, 0.3) is 0 Å². The number of rotatable bonds is 6. The van der Waals surface area contributed by atoms with Crippen LogP contribution in [-0.2, 0) is 0 Å². The third-order valence-corrected chi connectivity index (χ3v) is 5.12. The summed E-state index contributed by atoms with van der Waals surface area (Å²) in [5.41, 5.74) is -0.173. The minimum atomic E-state index is -2.58. The summed E-state index contributed by atoms with van der Waals surface area (Å²) < 4.78 is 26.6. The molecule has 28 heavy (non-hydrogen) atoms. The van der Waals surface area contributed by atoms with Crippen LogP contribution in [0.4, 0.5) is 26.2 Å². The van der Waals surface area contributed by atoms with Gasteiger partial charge in [0.1, 0.15) is 35.3 Å². The van der Waals surface area contributed by atoms with E-state index in [0.717, 1.165) is 43.9 Å². The minimum Gasteiger partial charge on any atom is -0.365 e. The summed E-state index contributed by atoms with van der Waals surface area (Å²) in [7, 11) is 3.86. The molecule has 1 N–H and O–H groups in total. The molecule has 9 heteroatoms. The summed E-state index contributed by atoms with van der Waals surface area (Å²) in [5, 5.41) is 3.45. The first-order chi connectivity index (χ1) is 13.5. The second-order valence-electron chi connectivity index (χ2n) is 7.67. The molecule has 1 unspecified atom stereocenters. The van der Waals surface area contributed by atoms with Gasteiger partial charge in [-0.3, -0.25) is 0 Å². The van der Waals surface area contributed by atoms with Crippen molar-refractivity contribution < 1.29 is 8.78 Å². The number of hydrogen-bond donors (Lipinski definition) is 1. The van der Waals surface area contributed by atoms with Crippen molar-refractivity contribution >= 4 is 17.5 Å². The molecule has 0 bridgehead atoms. The van der Waals surface area contributed by atoms with Gasteiger partial charge in [-0.05, 0) is 25.7 Å². The largest absolute Gasteiger partial charge is 0.365 e. The Labute approximate surface area is 163 Å². The zero-order valence-corrected chi connectivity index (χ0v) is 16.1. The lowest BCUT2D eigenvalue weighted by Gasteiger charge is -2.34. The van der Waals surface area contributed by atoms with Crippen LogP contribution >= 0.6 is 0 Å². The Bertz CT molecular complexity index is 805. The van der Waals surface area contributed by atoms with Crippen LogP contribution < -0.4 is 15.1 Å². The summed E-state index contributed by atoms with van der Waals surface area (Å²) in [6, 6.07) is 3.50. The van der Waals surface area contributed by atoms with Crippen molar-refractivity contribution in [3.8, 4) is 0 Å². The highest BCUT2D eigenvalue weighted by Crippen LogP contribution is 2.39. The number of anilines is 3. The highest BCUT2D eigenvalue weighted by Gasteiger charge is 2.30. The molecular formula is C19H25F2N7. The maximum atomic E-state index is 13.3. The molecule has 7 nitrogen and oxygen atoms in total. The number of nitrogens with zero attached hydrogens (tertiary/aromatic N) is 6. The fourth-order valence-corrected chi connectivity index (χ4v) is 3.45. The van der Waals surface area contributed by atoms with E-state index in [-0.39, 0.29) is 17.7 Å². The van der Waals surface area contributed by atoms with E-state index in [9.17, 15) is 8.78 Å². The van der Waals surface area contributed by atoms with Crippen molar-refractivity contribution in [2.75, 3.05) is 42.3 Å². The lowest BCUT2D eigenvalue weighted by atomic mass is 10.1. The number of alkyl halides is 2. The third-order valence-electron chi connectivity index (χ3n) is 5.12. The van der Waals surface area contributed by atoms with Crippen molar-refractivity contribution in [1.29, 1.82) is 0 Å². The number of nitrogens with one attached hydrogen (secondary N) is 1. The molecule has 0 aromatic carbocycles. The summed E-state index contributed by atoms with van der Waals surface area (Å²) in [5.74, 6) is 3.00. The Morgan fingerprint density at radius 3 is 2.68 bits per heavy atom. The second-order valence-corrected chi connectivity index (χ2v) is 7.67. The van der Waals surface area contributed by atoms with Gasteiger partial charge in [0.15, 0.2) is 0 Å². The van der Waals surface area contributed by atoms with Gasteiger partial charge in [0.2, 0.25) is 0 Å². The zero-order chi connectivity index (χ0) is 19.7. The minimum absolute atomic E-state index is 0.160. The summed E-state index contributed by atoms with van der Waals surface area (Å²) in [6.07, 6.45) is 2.87. The predicted molar refractivity (Wildman–Crippen MR) is 104 cm³/mol. The molecular weight excluding hydrogens is 364 g/mol. The monoisotopic (exact) mass is 389 g/mol. The van der Waals surface area contributed by atoms with Gasteiger partial charge in [-0.2, -0.15) is 0 Å². The normalized spacial score (nSPS) is 19.8. The number of piperidine rings is 1. The van der Waals surface area contributed by atoms with E-state index < -0.39 is 6.43 Å². The molecule has 0 spiro atoms. The molecule has 1 aliphatic heterocycles. The van der Waals surface area contributed by atoms with E-state index >= 15 is 0 Å². The Balaban J connectivity index is 1.50. The van der Waals surface area contributed by atoms with Crippen molar-refractivity contribution in [2.45, 2.75) is 44.1 Å². The van der Waals surface area contributed by atoms with Crippen LogP contribution in [-0.4, -0.2) is 53.2 Å². The molecule has 1 saturated carbocycles. The molecule has 150 valence electrons. The van der Waals surface area contributed by atoms with Gasteiger partial charge < -0.3 is 15.1 Å². The van der Waals surface area contributed by atoms with Crippen molar-refractivity contribution in [2.24, 2.45) is 0 Å². The molecule has 1 saturated heterocycles. The first-order valence-electron chi connectivity index (χ1n) is 9.67. The molecule has 0 amide bonds. The number of halogens is 2. The first kappa shape index (κ1) is 18.8. The molecule has 0 radical (unpaired) electrons. The zero-order valence-electron chi connectivity index (χ0n) is 16.1. The fourth-order valence-electron chi connectivity index (χ4n) is 3.45. The summed E-state index contributed by atoms with van der Waals surface area (Å²) >= 11 is 0. The predicted octanol–water partition coefficient (Wildman–Crippen LogP) is 3.23. The smallest absolute Gasteiger partial charge is 0.280 e. The van der Waals surface area contributed by atoms with E-state index in [0.29, 0.717) is 18.2 Å². The molecule has 2 aromatic heterocycles. The average Bonchev–Trinajstić information content (AvgIpc) is 3.53. The quantitative estimate of drug-likeness (QED) is 0.813. The second kappa shape index (κ2) is 7.81. The average molecular weight is 389 g/mol. The maximum absolute atomic E-state index is 13.3. The highest BCUT2D eigenvalue weighted by atomic mass is 19.3. The Morgan fingerprint density at radius 2 is 1.96 bits per heavy atom. The Morgan fingerprint density at radius 1 is 1.14 bits per heavy atom. The fraction of sp³-hybridized carbons (Fsp3) is 0.579. The molecule has 1 atom stereocenters. The third kappa shape index (κ3) is 4.28. The molecule has 2 fully saturated rings. The van der Waals surface area contributed by atoms with Gasteiger partial charge in [0.25, 0.3) is 6.43 Å². The lowest BCUT2D eigenvalue weighted by molar-refractivity contribution is 0.145. The lowest BCUT2D eigenvalue weighted by Crippen LogP contribution is -2.42. The van der Waals surface area contributed by atoms with Crippen molar-refractivity contribution in [3.63, 3.8) is 0 Å².